The highest BCUT2D eigenvalue weighted by Gasteiger charge is 2.17. The predicted octanol–water partition coefficient (Wildman–Crippen LogP) is 0.755. The van der Waals surface area contributed by atoms with E-state index in [0.29, 0.717) is 17.4 Å². The summed E-state index contributed by atoms with van der Waals surface area (Å²) in [6.07, 6.45) is 2.27. The van der Waals surface area contributed by atoms with Gasteiger partial charge in [0.25, 0.3) is 5.91 Å². The van der Waals surface area contributed by atoms with Gasteiger partial charge in [0.05, 0.1) is 6.10 Å². The number of hydrogen-bond acceptors (Lipinski definition) is 5. The average Bonchev–Trinajstić information content (AvgIpc) is 2.84. The van der Waals surface area contributed by atoms with Crippen LogP contribution in [0.25, 0.3) is 0 Å². The molecule has 2 rings (SSSR count). The highest BCUT2D eigenvalue weighted by molar-refractivity contribution is 7.07. The summed E-state index contributed by atoms with van der Waals surface area (Å²) in [6, 6.07) is 0. The Kier molecular flexibility index (Phi) is 3.27. The number of hydrogen-bond donors (Lipinski definition) is 1. The number of carbonyl (C=O) groups is 1. The Balaban J connectivity index is 1.81. The lowest BCUT2D eigenvalue weighted by atomic mass is 10.2. The minimum atomic E-state index is -0.156. The number of carbonyl (C=O) groups excluding carboxylic acids is 1. The largest absolute Gasteiger partial charge is 0.376 e. The Morgan fingerprint density at radius 2 is 2.60 bits per heavy atom. The molecule has 1 aromatic rings. The summed E-state index contributed by atoms with van der Waals surface area (Å²) < 4.78 is 9.35. The Labute approximate surface area is 92.0 Å². The molecule has 0 aromatic carbocycles. The quantitative estimate of drug-likeness (QED) is 0.827. The molecule has 1 N–H and O–H groups in total. The number of rotatable bonds is 3. The first-order chi connectivity index (χ1) is 7.25. The van der Waals surface area contributed by atoms with Gasteiger partial charge < -0.3 is 10.1 Å². The Morgan fingerprint density at radius 1 is 1.73 bits per heavy atom. The lowest BCUT2D eigenvalue weighted by Gasteiger charge is -2.08. The van der Waals surface area contributed by atoms with Crippen molar-refractivity contribution < 1.29 is 9.53 Å². The normalized spacial score (nSPS) is 20.5. The molecule has 1 amide bonds. The molecule has 0 saturated carbocycles. The van der Waals surface area contributed by atoms with Gasteiger partial charge in [-0.1, -0.05) is 0 Å². The summed E-state index contributed by atoms with van der Waals surface area (Å²) in [7, 11) is 0. The fourth-order valence-corrected chi connectivity index (χ4v) is 2.06. The molecule has 0 bridgehead atoms. The third-order valence-corrected chi connectivity index (χ3v) is 3.04. The van der Waals surface area contributed by atoms with Crippen molar-refractivity contribution in [1.82, 2.24) is 14.7 Å². The van der Waals surface area contributed by atoms with E-state index < -0.39 is 0 Å². The van der Waals surface area contributed by atoms with Gasteiger partial charge in [-0.2, -0.15) is 4.37 Å². The zero-order chi connectivity index (χ0) is 10.7. The van der Waals surface area contributed by atoms with Crippen LogP contribution in [0.3, 0.4) is 0 Å². The van der Waals surface area contributed by atoms with Gasteiger partial charge in [0.15, 0.2) is 0 Å². The summed E-state index contributed by atoms with van der Waals surface area (Å²) in [4.78, 5) is 15.6. The molecule has 1 aromatic heterocycles. The van der Waals surface area contributed by atoms with Gasteiger partial charge in [-0.25, -0.2) is 4.98 Å². The van der Waals surface area contributed by atoms with E-state index in [-0.39, 0.29) is 12.0 Å². The van der Waals surface area contributed by atoms with Crippen LogP contribution in [0.4, 0.5) is 0 Å². The van der Waals surface area contributed by atoms with Crippen LogP contribution in [0.2, 0.25) is 0 Å². The van der Waals surface area contributed by atoms with Crippen LogP contribution >= 0.6 is 11.5 Å². The molecule has 2 heterocycles. The number of aromatic nitrogens is 2. The lowest BCUT2D eigenvalue weighted by molar-refractivity contribution is 0.0857. The maximum Gasteiger partial charge on any atom is 0.281 e. The van der Waals surface area contributed by atoms with Crippen molar-refractivity contribution in [1.29, 1.82) is 0 Å². The zero-order valence-corrected chi connectivity index (χ0v) is 9.34. The smallest absolute Gasteiger partial charge is 0.281 e. The van der Waals surface area contributed by atoms with E-state index in [0.717, 1.165) is 31.0 Å². The highest BCUT2D eigenvalue weighted by Crippen LogP contribution is 2.11. The number of aryl methyl sites for hydroxylation is 1. The van der Waals surface area contributed by atoms with E-state index in [2.05, 4.69) is 14.7 Å². The molecule has 5 nitrogen and oxygen atoms in total. The Bertz CT molecular complexity index is 347. The van der Waals surface area contributed by atoms with Crippen molar-refractivity contribution in [2.45, 2.75) is 25.9 Å². The second-order valence-corrected chi connectivity index (χ2v) is 4.24. The van der Waals surface area contributed by atoms with Gasteiger partial charge in [-0.3, -0.25) is 4.79 Å². The molecule has 0 unspecified atom stereocenters. The van der Waals surface area contributed by atoms with E-state index in [1.165, 1.54) is 0 Å². The number of amides is 1. The summed E-state index contributed by atoms with van der Waals surface area (Å²) in [5.41, 5.74) is 0. The van der Waals surface area contributed by atoms with Crippen molar-refractivity contribution in [3.05, 3.63) is 10.8 Å². The van der Waals surface area contributed by atoms with Gasteiger partial charge in [0.1, 0.15) is 5.82 Å². The molecule has 1 aliphatic rings. The molecule has 1 atom stereocenters. The van der Waals surface area contributed by atoms with Crippen molar-refractivity contribution in [3.8, 4) is 0 Å². The molecular formula is C9H13N3O2S. The Morgan fingerprint density at radius 3 is 3.20 bits per heavy atom. The predicted molar refractivity (Wildman–Crippen MR) is 56.0 cm³/mol. The summed E-state index contributed by atoms with van der Waals surface area (Å²) in [6.45, 7) is 3.14. The fraction of sp³-hybridized carbons (Fsp3) is 0.667. The molecular weight excluding hydrogens is 214 g/mol. The van der Waals surface area contributed by atoms with Crippen LogP contribution < -0.4 is 5.32 Å². The minimum Gasteiger partial charge on any atom is -0.376 e. The molecule has 15 heavy (non-hydrogen) atoms. The van der Waals surface area contributed by atoms with Crippen molar-refractivity contribution in [3.63, 3.8) is 0 Å². The third kappa shape index (κ3) is 2.73. The molecule has 1 fully saturated rings. The van der Waals surface area contributed by atoms with Crippen LogP contribution in [0.5, 0.6) is 0 Å². The van der Waals surface area contributed by atoms with Gasteiger partial charge >= 0.3 is 0 Å². The van der Waals surface area contributed by atoms with Crippen LogP contribution in [0.15, 0.2) is 0 Å². The molecule has 0 aliphatic carbocycles. The molecule has 1 aliphatic heterocycles. The van der Waals surface area contributed by atoms with Crippen molar-refractivity contribution in [2.75, 3.05) is 13.2 Å². The van der Waals surface area contributed by atoms with Gasteiger partial charge in [-0.15, -0.1) is 0 Å². The van der Waals surface area contributed by atoms with Crippen LogP contribution in [0.1, 0.15) is 28.5 Å². The van der Waals surface area contributed by atoms with Gasteiger partial charge in [-0.05, 0) is 31.3 Å². The number of nitrogens with zero attached hydrogens (tertiary/aromatic N) is 2. The molecule has 82 valence electrons. The van der Waals surface area contributed by atoms with Crippen LogP contribution in [-0.4, -0.2) is 34.5 Å². The topological polar surface area (TPSA) is 64.1 Å². The maximum absolute atomic E-state index is 11.6. The SMILES string of the molecule is Cc1nsc(C(=O)NC[C@@H]2CCCO2)n1. The first-order valence-electron chi connectivity index (χ1n) is 4.96. The lowest BCUT2D eigenvalue weighted by Crippen LogP contribution is -2.31. The summed E-state index contributed by atoms with van der Waals surface area (Å²) in [5, 5.41) is 3.22. The fourth-order valence-electron chi connectivity index (χ4n) is 1.48. The molecule has 6 heteroatoms. The highest BCUT2D eigenvalue weighted by atomic mass is 32.1. The third-order valence-electron chi connectivity index (χ3n) is 2.24. The second kappa shape index (κ2) is 4.67. The average molecular weight is 227 g/mol. The minimum absolute atomic E-state index is 0.156. The summed E-state index contributed by atoms with van der Waals surface area (Å²) in [5.74, 6) is 0.485. The van der Waals surface area contributed by atoms with E-state index in [1.54, 1.807) is 6.92 Å². The van der Waals surface area contributed by atoms with Crippen LogP contribution in [0, 0.1) is 6.92 Å². The monoisotopic (exact) mass is 227 g/mol. The van der Waals surface area contributed by atoms with Crippen molar-refractivity contribution in [2.24, 2.45) is 0 Å². The first-order valence-corrected chi connectivity index (χ1v) is 5.73. The molecule has 1 saturated heterocycles. The Hall–Kier alpha value is -1.01. The number of ether oxygens (including phenoxy) is 1. The number of nitrogens with one attached hydrogen (secondary N) is 1. The molecule has 0 radical (unpaired) electrons. The van der Waals surface area contributed by atoms with E-state index in [1.807, 2.05) is 0 Å². The van der Waals surface area contributed by atoms with Crippen LogP contribution in [-0.2, 0) is 4.74 Å². The van der Waals surface area contributed by atoms with Crippen molar-refractivity contribution >= 4 is 17.4 Å². The van der Waals surface area contributed by atoms with E-state index in [4.69, 9.17) is 4.74 Å². The second-order valence-electron chi connectivity index (χ2n) is 3.49. The summed E-state index contributed by atoms with van der Waals surface area (Å²) >= 11 is 1.13. The zero-order valence-electron chi connectivity index (χ0n) is 8.52. The maximum atomic E-state index is 11.6. The molecule has 0 spiro atoms. The van der Waals surface area contributed by atoms with Gasteiger partial charge in [0, 0.05) is 13.2 Å². The van der Waals surface area contributed by atoms with E-state index >= 15 is 0 Å². The standard InChI is InChI=1S/C9H13N3O2S/c1-6-11-9(15-12-6)8(13)10-5-7-3-2-4-14-7/h7H,2-5H2,1H3,(H,10,13)/t7-/m0/s1. The first kappa shape index (κ1) is 10.5. The van der Waals surface area contributed by atoms with Gasteiger partial charge in [0.2, 0.25) is 5.01 Å². The van der Waals surface area contributed by atoms with E-state index in [9.17, 15) is 4.79 Å².